The third kappa shape index (κ3) is 2.00. The molecule has 6 nitrogen and oxygen atoms in total. The second-order valence-electron chi connectivity index (χ2n) is 3.90. The number of nitrogens with zero attached hydrogens (tertiary/aromatic N) is 3. The fourth-order valence-corrected chi connectivity index (χ4v) is 2.90. The lowest BCUT2D eigenvalue weighted by Crippen LogP contribution is -1.97. The number of aromatic nitrogens is 3. The molecule has 0 aliphatic heterocycles. The van der Waals surface area contributed by atoms with Gasteiger partial charge in [-0.25, -0.2) is 14.8 Å². The molecular formula is C12H8ClN3O3S. The fourth-order valence-electron chi connectivity index (χ4n) is 1.79. The van der Waals surface area contributed by atoms with Crippen molar-refractivity contribution in [1.29, 1.82) is 0 Å². The number of carbonyl (C=O) groups is 1. The Labute approximate surface area is 122 Å². The summed E-state index contributed by atoms with van der Waals surface area (Å²) in [4.78, 5) is 19.8. The van der Waals surface area contributed by atoms with Gasteiger partial charge in [0.2, 0.25) is 0 Å². The van der Waals surface area contributed by atoms with E-state index in [0.29, 0.717) is 15.7 Å². The van der Waals surface area contributed by atoms with E-state index in [-0.39, 0.29) is 10.6 Å². The number of thiophene rings is 1. The Morgan fingerprint density at radius 2 is 2.25 bits per heavy atom. The second-order valence-corrected chi connectivity index (χ2v) is 5.32. The fraction of sp³-hybridized carbons (Fsp3) is 0.0833. The molecule has 0 aliphatic carbocycles. The number of carbonyl (C=O) groups excluding carboxylic acids is 1. The lowest BCUT2D eigenvalue weighted by atomic mass is 10.4. The van der Waals surface area contributed by atoms with Gasteiger partial charge in [0.25, 0.3) is 0 Å². The number of hydrogen-bond acceptors (Lipinski definition) is 6. The van der Waals surface area contributed by atoms with Crippen molar-refractivity contribution in [3.8, 4) is 10.8 Å². The van der Waals surface area contributed by atoms with Crippen molar-refractivity contribution in [3.63, 3.8) is 0 Å². The van der Waals surface area contributed by atoms with Gasteiger partial charge in [0.05, 0.1) is 18.8 Å². The Kier molecular flexibility index (Phi) is 3.07. The molecule has 0 saturated carbocycles. The summed E-state index contributed by atoms with van der Waals surface area (Å²) in [5.41, 5.74) is 1.41. The summed E-state index contributed by atoms with van der Waals surface area (Å²) >= 11 is 6.98. The number of imidazole rings is 1. The van der Waals surface area contributed by atoms with Gasteiger partial charge in [0.1, 0.15) is 27.7 Å². The predicted octanol–water partition coefficient (Wildman–Crippen LogP) is 2.63. The van der Waals surface area contributed by atoms with Crippen molar-refractivity contribution >= 4 is 39.9 Å². The topological polar surface area (TPSA) is 77.2 Å². The molecule has 3 rings (SSSR count). The number of ether oxygens (including phenoxy) is 1. The second kappa shape index (κ2) is 4.77. The highest BCUT2D eigenvalue weighted by Crippen LogP contribution is 2.33. The standard InChI is InChI=1S/C12H8ClN3O3S/c1-19-12(18)11-8(17)3-10(20-11)16-5-15-6-4-14-9(13)2-7(6)16/h2-5,17H,1H3. The molecule has 0 radical (unpaired) electrons. The lowest BCUT2D eigenvalue weighted by molar-refractivity contribution is 0.0603. The number of halogens is 1. The van der Waals surface area contributed by atoms with Crippen molar-refractivity contribution in [1.82, 2.24) is 14.5 Å². The van der Waals surface area contributed by atoms with Crippen LogP contribution in [0.1, 0.15) is 9.67 Å². The van der Waals surface area contributed by atoms with Crippen molar-refractivity contribution in [2.24, 2.45) is 0 Å². The Morgan fingerprint density at radius 1 is 1.45 bits per heavy atom. The number of fused-ring (bicyclic) bond motifs is 1. The van der Waals surface area contributed by atoms with E-state index in [1.54, 1.807) is 23.2 Å². The minimum atomic E-state index is -0.581. The van der Waals surface area contributed by atoms with Gasteiger partial charge in [0, 0.05) is 12.1 Å². The zero-order valence-electron chi connectivity index (χ0n) is 10.2. The van der Waals surface area contributed by atoms with Crippen molar-refractivity contribution in [2.75, 3.05) is 7.11 Å². The summed E-state index contributed by atoms with van der Waals surface area (Å²) in [6.45, 7) is 0. The highest BCUT2D eigenvalue weighted by Gasteiger charge is 2.18. The third-order valence-electron chi connectivity index (χ3n) is 2.71. The summed E-state index contributed by atoms with van der Waals surface area (Å²) in [5, 5.41) is 10.8. The van der Waals surface area contributed by atoms with E-state index < -0.39 is 5.97 Å². The zero-order chi connectivity index (χ0) is 14.3. The van der Waals surface area contributed by atoms with Gasteiger partial charge >= 0.3 is 5.97 Å². The average molecular weight is 310 g/mol. The normalized spacial score (nSPS) is 10.9. The molecule has 8 heteroatoms. The molecule has 0 atom stereocenters. The minimum absolute atomic E-state index is 0.126. The zero-order valence-corrected chi connectivity index (χ0v) is 11.8. The van der Waals surface area contributed by atoms with E-state index in [1.165, 1.54) is 13.2 Å². The van der Waals surface area contributed by atoms with Crippen LogP contribution in [0.5, 0.6) is 5.75 Å². The van der Waals surface area contributed by atoms with Crippen LogP contribution in [-0.4, -0.2) is 32.7 Å². The van der Waals surface area contributed by atoms with Gasteiger partial charge in [-0.1, -0.05) is 11.6 Å². The molecule has 20 heavy (non-hydrogen) atoms. The molecule has 0 aliphatic rings. The Morgan fingerprint density at radius 3 is 3.00 bits per heavy atom. The highest BCUT2D eigenvalue weighted by molar-refractivity contribution is 7.16. The molecule has 3 heterocycles. The SMILES string of the molecule is COC(=O)c1sc(-n2cnc3cnc(Cl)cc32)cc1O. The monoisotopic (exact) mass is 309 g/mol. The van der Waals surface area contributed by atoms with Crippen LogP contribution in [0.3, 0.4) is 0 Å². The van der Waals surface area contributed by atoms with Crippen LogP contribution in [0.2, 0.25) is 5.15 Å². The molecule has 0 amide bonds. The van der Waals surface area contributed by atoms with Crippen LogP contribution < -0.4 is 0 Å². The Hall–Kier alpha value is -2.12. The minimum Gasteiger partial charge on any atom is -0.506 e. The van der Waals surface area contributed by atoms with E-state index in [4.69, 9.17) is 11.6 Å². The van der Waals surface area contributed by atoms with Crippen LogP contribution in [0, 0.1) is 0 Å². The highest BCUT2D eigenvalue weighted by atomic mass is 35.5. The van der Waals surface area contributed by atoms with Crippen molar-refractivity contribution in [3.05, 3.63) is 34.7 Å². The predicted molar refractivity (Wildman–Crippen MR) is 74.8 cm³/mol. The largest absolute Gasteiger partial charge is 0.506 e. The van der Waals surface area contributed by atoms with Gasteiger partial charge in [-0.15, -0.1) is 11.3 Å². The molecule has 3 aromatic heterocycles. The lowest BCUT2D eigenvalue weighted by Gasteiger charge is -1.99. The molecule has 0 fully saturated rings. The van der Waals surface area contributed by atoms with Gasteiger partial charge in [-0.2, -0.15) is 0 Å². The first kappa shape index (κ1) is 12.9. The maximum absolute atomic E-state index is 11.5. The quantitative estimate of drug-likeness (QED) is 0.581. The Balaban J connectivity index is 2.16. The first-order chi connectivity index (χ1) is 9.60. The first-order valence-corrected chi connectivity index (χ1v) is 6.69. The van der Waals surface area contributed by atoms with Gasteiger partial charge in [-0.05, 0) is 0 Å². The Bertz CT molecular complexity index is 811. The summed E-state index contributed by atoms with van der Waals surface area (Å²) in [7, 11) is 1.26. The van der Waals surface area contributed by atoms with Crippen LogP contribution >= 0.6 is 22.9 Å². The van der Waals surface area contributed by atoms with Crippen LogP contribution in [-0.2, 0) is 4.74 Å². The van der Waals surface area contributed by atoms with Crippen LogP contribution in [0.4, 0.5) is 0 Å². The molecule has 1 N–H and O–H groups in total. The van der Waals surface area contributed by atoms with E-state index in [2.05, 4.69) is 14.7 Å². The van der Waals surface area contributed by atoms with E-state index in [0.717, 1.165) is 16.9 Å². The first-order valence-electron chi connectivity index (χ1n) is 5.50. The number of pyridine rings is 1. The number of rotatable bonds is 2. The third-order valence-corrected chi connectivity index (χ3v) is 4.02. The average Bonchev–Trinajstić information content (AvgIpc) is 3.01. The van der Waals surface area contributed by atoms with Gasteiger partial charge in [0.15, 0.2) is 4.88 Å². The smallest absolute Gasteiger partial charge is 0.351 e. The molecule has 102 valence electrons. The number of hydrogen-bond donors (Lipinski definition) is 1. The molecule has 3 aromatic rings. The summed E-state index contributed by atoms with van der Waals surface area (Å²) in [6, 6.07) is 3.14. The summed E-state index contributed by atoms with van der Waals surface area (Å²) < 4.78 is 6.33. The number of methoxy groups -OCH3 is 1. The number of aromatic hydroxyl groups is 1. The van der Waals surface area contributed by atoms with Crippen molar-refractivity contribution in [2.45, 2.75) is 0 Å². The molecule has 0 unspecified atom stereocenters. The van der Waals surface area contributed by atoms with Crippen molar-refractivity contribution < 1.29 is 14.6 Å². The van der Waals surface area contributed by atoms with E-state index >= 15 is 0 Å². The van der Waals surface area contributed by atoms with Gasteiger partial charge < -0.3 is 9.84 Å². The molecule has 0 spiro atoms. The maximum Gasteiger partial charge on any atom is 0.351 e. The molecule has 0 saturated heterocycles. The van der Waals surface area contributed by atoms with Crippen LogP contribution in [0.15, 0.2) is 24.7 Å². The molecule has 0 aromatic carbocycles. The molecule has 0 bridgehead atoms. The van der Waals surface area contributed by atoms with Crippen LogP contribution in [0.25, 0.3) is 16.0 Å². The van der Waals surface area contributed by atoms with E-state index in [9.17, 15) is 9.90 Å². The van der Waals surface area contributed by atoms with Gasteiger partial charge in [-0.3, -0.25) is 4.57 Å². The number of esters is 1. The molecular weight excluding hydrogens is 302 g/mol. The van der Waals surface area contributed by atoms with E-state index in [1.807, 2.05) is 0 Å². The maximum atomic E-state index is 11.5. The summed E-state index contributed by atoms with van der Waals surface area (Å²) in [5.74, 6) is -0.707. The summed E-state index contributed by atoms with van der Waals surface area (Å²) in [6.07, 6.45) is 3.14.